The Morgan fingerprint density at radius 3 is 2.67 bits per heavy atom. The number of nitrogens with two attached hydrogens (primary N) is 2. The molecule has 0 amide bonds. The summed E-state index contributed by atoms with van der Waals surface area (Å²) in [5.74, 6) is -0.218. The van der Waals surface area contributed by atoms with E-state index >= 15 is 4.39 Å². The summed E-state index contributed by atoms with van der Waals surface area (Å²) in [6.45, 7) is 1.77. The number of nitrogens with zero attached hydrogens (tertiary/aromatic N) is 3. The molecular formula is C26H24ClF2N5O2. The van der Waals surface area contributed by atoms with Crippen LogP contribution in [0.1, 0.15) is 12.0 Å². The van der Waals surface area contributed by atoms with E-state index < -0.39 is 5.82 Å². The van der Waals surface area contributed by atoms with Crippen molar-refractivity contribution in [2.75, 3.05) is 31.6 Å². The highest BCUT2D eigenvalue weighted by molar-refractivity contribution is 6.32. The molecule has 0 radical (unpaired) electrons. The number of aromatic nitrogens is 2. The molecule has 10 heteroatoms. The number of likely N-dealkylation sites (N-methyl/N-ethyl adjacent to an activating group) is 1. The number of anilines is 2. The van der Waals surface area contributed by atoms with E-state index in [4.69, 9.17) is 32.5 Å². The fourth-order valence-electron chi connectivity index (χ4n) is 4.19. The Kier molecular flexibility index (Phi) is 6.51. The third-order valence-electron chi connectivity index (χ3n) is 6.04. The minimum atomic E-state index is -0.645. The van der Waals surface area contributed by atoms with Crippen molar-refractivity contribution < 1.29 is 18.3 Å². The lowest BCUT2D eigenvalue weighted by atomic mass is 10.1. The number of halogens is 3. The number of nitrogen functional groups attached to an aromatic ring is 2. The van der Waals surface area contributed by atoms with Crippen LogP contribution in [-0.4, -0.2) is 41.1 Å². The Bertz CT molecular complexity index is 1450. The first kappa shape index (κ1) is 24.0. The van der Waals surface area contributed by atoms with Gasteiger partial charge in [-0.15, -0.1) is 0 Å². The number of ether oxygens (including phenoxy) is 2. The smallest absolute Gasteiger partial charge is 0.165 e. The standard InChI is InChI=1S/C26H24ClF2N5O2/c1-34-6-5-16(12-34)36-24-11-22-18(9-21(24)30)25(31)33-26(32-22)17-8-19(27)23(10-20(17)29)35-13-14-3-2-4-15(28)7-14/h2-4,7-11,16H,5-6,12-13,30H2,1H3,(H2,31,32,33). The largest absolute Gasteiger partial charge is 0.487 e. The van der Waals surface area contributed by atoms with Crippen molar-refractivity contribution >= 4 is 34.0 Å². The summed E-state index contributed by atoms with van der Waals surface area (Å²) in [5, 5.41) is 0.686. The van der Waals surface area contributed by atoms with Crippen molar-refractivity contribution in [2.45, 2.75) is 19.1 Å². The number of rotatable bonds is 6. The molecule has 3 aromatic carbocycles. The fourth-order valence-corrected chi connectivity index (χ4v) is 4.41. The monoisotopic (exact) mass is 511 g/mol. The number of likely N-dealkylation sites (tertiary alicyclic amines) is 1. The number of benzene rings is 3. The summed E-state index contributed by atoms with van der Waals surface area (Å²) in [6, 6.07) is 11.8. The predicted octanol–water partition coefficient (Wildman–Crippen LogP) is 5.05. The van der Waals surface area contributed by atoms with Gasteiger partial charge in [-0.25, -0.2) is 18.7 Å². The molecule has 1 aliphatic rings. The van der Waals surface area contributed by atoms with Crippen molar-refractivity contribution in [3.63, 3.8) is 0 Å². The van der Waals surface area contributed by atoms with E-state index in [0.29, 0.717) is 27.9 Å². The molecule has 2 heterocycles. The van der Waals surface area contributed by atoms with Gasteiger partial charge in [0, 0.05) is 30.6 Å². The topological polar surface area (TPSA) is 99.5 Å². The van der Waals surface area contributed by atoms with Gasteiger partial charge in [0.2, 0.25) is 0 Å². The maximum atomic E-state index is 15.1. The van der Waals surface area contributed by atoms with Gasteiger partial charge in [0.1, 0.15) is 41.7 Å². The van der Waals surface area contributed by atoms with E-state index in [1.165, 1.54) is 18.2 Å². The highest BCUT2D eigenvalue weighted by Gasteiger charge is 2.23. The highest BCUT2D eigenvalue weighted by Crippen LogP contribution is 2.36. The van der Waals surface area contributed by atoms with Crippen LogP contribution in [0.5, 0.6) is 11.5 Å². The Morgan fingerprint density at radius 1 is 1.08 bits per heavy atom. The van der Waals surface area contributed by atoms with Crippen molar-refractivity contribution in [3.05, 3.63) is 70.8 Å². The minimum Gasteiger partial charge on any atom is -0.487 e. The zero-order chi connectivity index (χ0) is 25.4. The lowest BCUT2D eigenvalue weighted by Crippen LogP contribution is -2.21. The van der Waals surface area contributed by atoms with E-state index in [2.05, 4.69) is 14.9 Å². The molecule has 5 rings (SSSR count). The molecule has 1 unspecified atom stereocenters. The van der Waals surface area contributed by atoms with E-state index in [9.17, 15) is 4.39 Å². The Hall–Kier alpha value is -3.69. The molecular weight excluding hydrogens is 488 g/mol. The van der Waals surface area contributed by atoms with Gasteiger partial charge in [0.15, 0.2) is 5.82 Å². The summed E-state index contributed by atoms with van der Waals surface area (Å²) in [7, 11) is 2.03. The number of fused-ring (bicyclic) bond motifs is 1. The molecule has 4 aromatic rings. The Morgan fingerprint density at radius 2 is 1.92 bits per heavy atom. The molecule has 1 fully saturated rings. The molecule has 4 N–H and O–H groups in total. The molecule has 7 nitrogen and oxygen atoms in total. The van der Waals surface area contributed by atoms with Gasteiger partial charge in [-0.1, -0.05) is 23.7 Å². The van der Waals surface area contributed by atoms with Gasteiger partial charge in [0.25, 0.3) is 0 Å². The van der Waals surface area contributed by atoms with Crippen LogP contribution < -0.4 is 20.9 Å². The molecule has 0 aliphatic carbocycles. The van der Waals surface area contributed by atoms with E-state index in [0.717, 1.165) is 25.6 Å². The second-order valence-electron chi connectivity index (χ2n) is 8.81. The highest BCUT2D eigenvalue weighted by atomic mass is 35.5. The molecule has 0 saturated carbocycles. The first-order chi connectivity index (χ1) is 17.3. The molecule has 0 bridgehead atoms. The number of hydrogen-bond acceptors (Lipinski definition) is 7. The predicted molar refractivity (Wildman–Crippen MR) is 136 cm³/mol. The van der Waals surface area contributed by atoms with Crippen LogP contribution in [0.3, 0.4) is 0 Å². The van der Waals surface area contributed by atoms with Crippen LogP contribution in [0.25, 0.3) is 22.3 Å². The van der Waals surface area contributed by atoms with E-state index in [1.807, 2.05) is 7.05 Å². The Balaban J connectivity index is 1.44. The van der Waals surface area contributed by atoms with E-state index in [1.54, 1.807) is 24.3 Å². The van der Waals surface area contributed by atoms with Crippen LogP contribution in [0.4, 0.5) is 20.3 Å². The molecule has 1 atom stereocenters. The fraction of sp³-hybridized carbons (Fsp3) is 0.231. The van der Waals surface area contributed by atoms with E-state index in [-0.39, 0.29) is 46.5 Å². The van der Waals surface area contributed by atoms with Crippen LogP contribution >= 0.6 is 11.6 Å². The second kappa shape index (κ2) is 9.75. The van der Waals surface area contributed by atoms with Crippen molar-refractivity contribution in [1.29, 1.82) is 0 Å². The van der Waals surface area contributed by atoms with Gasteiger partial charge in [-0.2, -0.15) is 0 Å². The zero-order valence-corrected chi connectivity index (χ0v) is 20.2. The van der Waals surface area contributed by atoms with Gasteiger partial charge < -0.3 is 25.8 Å². The summed E-state index contributed by atoms with van der Waals surface area (Å²) in [6.07, 6.45) is 0.909. The molecule has 1 aliphatic heterocycles. The molecule has 186 valence electrons. The second-order valence-corrected chi connectivity index (χ2v) is 9.22. The van der Waals surface area contributed by atoms with Crippen molar-refractivity contribution in [3.8, 4) is 22.9 Å². The average Bonchev–Trinajstić information content (AvgIpc) is 3.25. The normalized spacial score (nSPS) is 15.9. The summed E-state index contributed by atoms with van der Waals surface area (Å²) in [5.41, 5.74) is 13.9. The summed E-state index contributed by atoms with van der Waals surface area (Å²) < 4.78 is 40.2. The average molecular weight is 512 g/mol. The molecule has 0 spiro atoms. The molecule has 1 saturated heterocycles. The lowest BCUT2D eigenvalue weighted by molar-refractivity contribution is 0.209. The SMILES string of the molecule is CN1CCC(Oc2cc3nc(-c4cc(Cl)c(OCc5cccc(F)c5)cc4F)nc(N)c3cc2N)C1. The van der Waals surface area contributed by atoms with Gasteiger partial charge in [-0.3, -0.25) is 0 Å². The lowest BCUT2D eigenvalue weighted by Gasteiger charge is -2.16. The third kappa shape index (κ3) is 4.98. The molecule has 36 heavy (non-hydrogen) atoms. The maximum Gasteiger partial charge on any atom is 0.165 e. The van der Waals surface area contributed by atoms with Crippen LogP contribution in [0.2, 0.25) is 5.02 Å². The van der Waals surface area contributed by atoms with Crippen molar-refractivity contribution in [1.82, 2.24) is 14.9 Å². The quantitative estimate of drug-likeness (QED) is 0.349. The van der Waals surface area contributed by atoms with Crippen LogP contribution in [0, 0.1) is 11.6 Å². The number of hydrogen-bond donors (Lipinski definition) is 2. The van der Waals surface area contributed by atoms with Gasteiger partial charge in [0.05, 0.1) is 21.8 Å². The first-order valence-corrected chi connectivity index (χ1v) is 11.7. The Labute approximate surface area is 211 Å². The summed E-state index contributed by atoms with van der Waals surface area (Å²) in [4.78, 5) is 11.0. The van der Waals surface area contributed by atoms with Crippen molar-refractivity contribution in [2.24, 2.45) is 0 Å². The third-order valence-corrected chi connectivity index (χ3v) is 6.34. The molecule has 1 aromatic heterocycles. The van der Waals surface area contributed by atoms with Gasteiger partial charge in [-0.05, 0) is 43.3 Å². The minimum absolute atomic E-state index is 0.0181. The van der Waals surface area contributed by atoms with Gasteiger partial charge >= 0.3 is 0 Å². The first-order valence-electron chi connectivity index (χ1n) is 11.4. The zero-order valence-electron chi connectivity index (χ0n) is 19.5. The maximum absolute atomic E-state index is 15.1. The van der Waals surface area contributed by atoms with Crippen LogP contribution in [-0.2, 0) is 6.61 Å². The van der Waals surface area contributed by atoms with Crippen LogP contribution in [0.15, 0.2) is 48.5 Å². The summed E-state index contributed by atoms with van der Waals surface area (Å²) >= 11 is 6.37.